The quantitative estimate of drug-likeness (QED) is 0.723. The zero-order valence-electron chi connectivity index (χ0n) is 14.6. The number of benzene rings is 2. The number of halogens is 1. The molecule has 4 rings (SSSR count). The number of nitrogens with one attached hydrogen (secondary N) is 2. The van der Waals surface area contributed by atoms with Crippen LogP contribution in [-0.4, -0.2) is 26.0 Å². The van der Waals surface area contributed by atoms with Crippen LogP contribution in [0.25, 0.3) is 0 Å². The zero-order valence-corrected chi connectivity index (χ0v) is 15.4. The topological polar surface area (TPSA) is 71.8 Å². The van der Waals surface area contributed by atoms with Crippen molar-refractivity contribution in [3.8, 4) is 0 Å². The molecule has 0 aliphatic carbocycles. The van der Waals surface area contributed by atoms with Gasteiger partial charge in [-0.15, -0.1) is 10.2 Å². The van der Waals surface area contributed by atoms with Crippen molar-refractivity contribution >= 4 is 23.4 Å². The van der Waals surface area contributed by atoms with Gasteiger partial charge in [0, 0.05) is 12.1 Å². The molecule has 0 fully saturated rings. The van der Waals surface area contributed by atoms with Gasteiger partial charge in [0.25, 0.3) is 0 Å². The number of rotatable bonds is 4. The van der Waals surface area contributed by atoms with Gasteiger partial charge in [0.05, 0.1) is 6.04 Å². The van der Waals surface area contributed by atoms with Crippen LogP contribution in [0, 0.1) is 5.82 Å². The van der Waals surface area contributed by atoms with Crippen molar-refractivity contribution in [1.82, 2.24) is 14.9 Å². The Bertz CT molecular complexity index is 944. The van der Waals surface area contributed by atoms with Crippen molar-refractivity contribution in [2.75, 3.05) is 10.7 Å². The van der Waals surface area contributed by atoms with Gasteiger partial charge in [-0.3, -0.25) is 4.79 Å². The molecule has 0 spiro atoms. The van der Waals surface area contributed by atoms with Gasteiger partial charge in [0.15, 0.2) is 5.82 Å². The molecular weight excluding hydrogens is 365 g/mol. The van der Waals surface area contributed by atoms with Crippen LogP contribution in [0.5, 0.6) is 0 Å². The number of hydrogen-bond acceptors (Lipinski definition) is 5. The lowest BCUT2D eigenvalue weighted by molar-refractivity contribution is -0.116. The van der Waals surface area contributed by atoms with Crippen molar-refractivity contribution in [2.24, 2.45) is 0 Å². The van der Waals surface area contributed by atoms with Gasteiger partial charge in [-0.05, 0) is 29.8 Å². The van der Waals surface area contributed by atoms with E-state index in [1.54, 1.807) is 12.1 Å². The van der Waals surface area contributed by atoms with Gasteiger partial charge in [0.1, 0.15) is 11.1 Å². The monoisotopic (exact) mass is 383 g/mol. The van der Waals surface area contributed by atoms with Crippen LogP contribution in [0.3, 0.4) is 0 Å². The number of carbonyl (C=O) groups is 1. The lowest BCUT2D eigenvalue weighted by Crippen LogP contribution is -2.41. The van der Waals surface area contributed by atoms with Crippen LogP contribution in [0.4, 0.5) is 10.1 Å². The number of aromatic nitrogens is 3. The van der Waals surface area contributed by atoms with Crippen LogP contribution in [0.1, 0.15) is 24.4 Å². The molecule has 8 heteroatoms. The van der Waals surface area contributed by atoms with Gasteiger partial charge < -0.3 is 10.7 Å². The second kappa shape index (κ2) is 7.40. The van der Waals surface area contributed by atoms with Crippen molar-refractivity contribution in [3.63, 3.8) is 0 Å². The molecule has 1 aromatic heterocycles. The summed E-state index contributed by atoms with van der Waals surface area (Å²) in [5.74, 6) is 0.292. The smallest absolute Gasteiger partial charge is 0.240 e. The van der Waals surface area contributed by atoms with Crippen LogP contribution in [-0.2, 0) is 11.2 Å². The average Bonchev–Trinajstić information content (AvgIpc) is 3.11. The second-order valence-electron chi connectivity index (χ2n) is 6.14. The third-order valence-electron chi connectivity index (χ3n) is 4.35. The average molecular weight is 383 g/mol. The lowest BCUT2D eigenvalue weighted by Gasteiger charge is -2.32. The van der Waals surface area contributed by atoms with Gasteiger partial charge in [0.2, 0.25) is 11.1 Å². The fourth-order valence-corrected chi connectivity index (χ4v) is 4.08. The summed E-state index contributed by atoms with van der Waals surface area (Å²) in [7, 11) is 0. The van der Waals surface area contributed by atoms with E-state index in [2.05, 4.69) is 20.9 Å². The maximum Gasteiger partial charge on any atom is 0.240 e. The number of fused-ring (bicyclic) bond motifs is 1. The number of hydrogen-bond donors (Lipinski definition) is 2. The minimum absolute atomic E-state index is 0.180. The first kappa shape index (κ1) is 17.5. The van der Waals surface area contributed by atoms with Gasteiger partial charge >= 0.3 is 0 Å². The molecule has 3 aromatic rings. The first-order chi connectivity index (χ1) is 13.2. The van der Waals surface area contributed by atoms with E-state index in [1.165, 1.54) is 23.9 Å². The first-order valence-corrected chi connectivity index (χ1v) is 9.52. The third-order valence-corrected chi connectivity index (χ3v) is 5.56. The molecular formula is C19H18FN5OS. The molecule has 138 valence electrons. The Hall–Kier alpha value is -2.87. The van der Waals surface area contributed by atoms with Gasteiger partial charge in [-0.25, -0.2) is 9.07 Å². The minimum Gasteiger partial charge on any atom is -0.325 e. The Balaban J connectivity index is 1.65. The maximum absolute atomic E-state index is 13.1. The van der Waals surface area contributed by atoms with Crippen molar-refractivity contribution < 1.29 is 9.18 Å². The predicted molar refractivity (Wildman–Crippen MR) is 103 cm³/mol. The SMILES string of the molecule is CCc1nnc2n1NC(c1ccccc1)C(C(=O)Nc1ccc(F)cc1)S2. The molecule has 2 aromatic carbocycles. The van der Waals surface area contributed by atoms with E-state index in [4.69, 9.17) is 0 Å². The standard InChI is InChI=1S/C19H18FN5OS/c1-2-15-22-23-19-25(15)24-16(12-6-4-3-5-7-12)17(27-19)18(26)21-14-10-8-13(20)9-11-14/h3-11,16-17,24H,2H2,1H3,(H,21,26). The summed E-state index contributed by atoms with van der Waals surface area (Å²) >= 11 is 1.37. The molecule has 0 bridgehead atoms. The van der Waals surface area contributed by atoms with E-state index in [0.717, 1.165) is 17.8 Å². The summed E-state index contributed by atoms with van der Waals surface area (Å²) in [5.41, 5.74) is 4.93. The van der Waals surface area contributed by atoms with Gasteiger partial charge in [-0.2, -0.15) is 0 Å². The highest BCUT2D eigenvalue weighted by molar-refractivity contribution is 8.00. The summed E-state index contributed by atoms with van der Waals surface area (Å²) in [6.07, 6.45) is 0.731. The molecule has 0 radical (unpaired) electrons. The molecule has 2 heterocycles. The van der Waals surface area contributed by atoms with Crippen LogP contribution in [0.15, 0.2) is 59.8 Å². The highest BCUT2D eigenvalue weighted by Gasteiger charge is 2.37. The molecule has 1 aliphatic heterocycles. The van der Waals surface area contributed by atoms with E-state index in [9.17, 15) is 9.18 Å². The predicted octanol–water partition coefficient (Wildman–Crippen LogP) is 3.38. The highest BCUT2D eigenvalue weighted by Crippen LogP contribution is 2.37. The van der Waals surface area contributed by atoms with E-state index in [0.29, 0.717) is 10.8 Å². The molecule has 0 saturated carbocycles. The summed E-state index contributed by atoms with van der Waals surface area (Å²) in [5, 5.41) is 11.4. The first-order valence-electron chi connectivity index (χ1n) is 8.64. The largest absolute Gasteiger partial charge is 0.325 e. The Morgan fingerprint density at radius 2 is 1.93 bits per heavy atom. The molecule has 6 nitrogen and oxygen atoms in total. The summed E-state index contributed by atoms with van der Waals surface area (Å²) in [6, 6.07) is 15.3. The lowest BCUT2D eigenvalue weighted by atomic mass is 10.0. The number of carbonyl (C=O) groups excluding carboxylic acids is 1. The van der Waals surface area contributed by atoms with Crippen LogP contribution >= 0.6 is 11.8 Å². The van der Waals surface area contributed by atoms with E-state index < -0.39 is 5.25 Å². The van der Waals surface area contributed by atoms with Crippen LogP contribution < -0.4 is 10.7 Å². The number of amides is 1. The number of nitrogens with zero attached hydrogens (tertiary/aromatic N) is 3. The van der Waals surface area contributed by atoms with E-state index in [-0.39, 0.29) is 17.8 Å². The molecule has 1 amide bonds. The fraction of sp³-hybridized carbons (Fsp3) is 0.211. The fourth-order valence-electron chi connectivity index (χ4n) is 2.98. The van der Waals surface area contributed by atoms with Crippen molar-refractivity contribution in [1.29, 1.82) is 0 Å². The van der Waals surface area contributed by atoms with Crippen LogP contribution in [0.2, 0.25) is 0 Å². The van der Waals surface area contributed by atoms with Gasteiger partial charge in [-0.1, -0.05) is 49.0 Å². The summed E-state index contributed by atoms with van der Waals surface area (Å²) in [6.45, 7) is 2.01. The molecule has 2 atom stereocenters. The Kier molecular flexibility index (Phi) is 4.81. The second-order valence-corrected chi connectivity index (χ2v) is 7.25. The minimum atomic E-state index is -0.459. The van der Waals surface area contributed by atoms with Crippen molar-refractivity contribution in [3.05, 3.63) is 71.8 Å². The summed E-state index contributed by atoms with van der Waals surface area (Å²) < 4.78 is 15.0. The Morgan fingerprint density at radius 3 is 2.63 bits per heavy atom. The molecule has 2 unspecified atom stereocenters. The molecule has 27 heavy (non-hydrogen) atoms. The Labute approximate surface area is 160 Å². The molecule has 0 saturated heterocycles. The number of thioether (sulfide) groups is 1. The normalized spacial score (nSPS) is 18.4. The zero-order chi connectivity index (χ0) is 18.8. The Morgan fingerprint density at radius 1 is 1.19 bits per heavy atom. The number of anilines is 1. The molecule has 1 aliphatic rings. The molecule has 2 N–H and O–H groups in total. The van der Waals surface area contributed by atoms with E-state index in [1.807, 2.05) is 41.9 Å². The van der Waals surface area contributed by atoms with Crippen molar-refractivity contribution in [2.45, 2.75) is 29.8 Å². The highest BCUT2D eigenvalue weighted by atomic mass is 32.2. The summed E-state index contributed by atoms with van der Waals surface area (Å²) in [4.78, 5) is 13.0. The van der Waals surface area contributed by atoms with E-state index >= 15 is 0 Å². The maximum atomic E-state index is 13.1. The number of aryl methyl sites for hydroxylation is 1. The third kappa shape index (κ3) is 3.52.